The Kier molecular flexibility index (Phi) is 5.54. The van der Waals surface area contributed by atoms with Crippen LogP contribution in [-0.2, 0) is 9.53 Å². The molecule has 9 heteroatoms. The quantitative estimate of drug-likeness (QED) is 0.323. The molecule has 0 spiro atoms. The number of esters is 1. The van der Waals surface area contributed by atoms with Crippen molar-refractivity contribution < 1.29 is 23.5 Å². The maximum Gasteiger partial charge on any atom is 0.344 e. The van der Waals surface area contributed by atoms with Crippen LogP contribution in [0.3, 0.4) is 0 Å². The summed E-state index contributed by atoms with van der Waals surface area (Å²) in [4.78, 5) is 27.7. The van der Waals surface area contributed by atoms with E-state index in [1.54, 1.807) is 37.3 Å². The van der Waals surface area contributed by atoms with E-state index < -0.39 is 11.9 Å². The number of fused-ring (bicyclic) bond motifs is 1. The third-order valence-electron chi connectivity index (χ3n) is 3.69. The summed E-state index contributed by atoms with van der Waals surface area (Å²) in [5.74, 6) is -0.669. The molecule has 0 bridgehead atoms. The standard InChI is InChI=1S/C19H18N4O5/c1-2-26-17(24)10-27-16-6-4-13(9-22-16)23-19(25)15-8-12-7-11(18(20)21)3-5-14(12)28-15/h3-9H,2,10H2,1H3,(H3,20,21)(H,23,25). The Morgan fingerprint density at radius 3 is 2.75 bits per heavy atom. The number of hydrogen-bond acceptors (Lipinski definition) is 7. The van der Waals surface area contributed by atoms with Crippen LogP contribution in [0.5, 0.6) is 5.88 Å². The fourth-order valence-corrected chi connectivity index (χ4v) is 2.39. The zero-order valence-corrected chi connectivity index (χ0v) is 15.0. The number of rotatable bonds is 7. The summed E-state index contributed by atoms with van der Waals surface area (Å²) in [6, 6.07) is 9.65. The number of hydrogen-bond donors (Lipinski definition) is 3. The minimum atomic E-state index is -0.487. The van der Waals surface area contributed by atoms with Gasteiger partial charge < -0.3 is 24.9 Å². The lowest BCUT2D eigenvalue weighted by Crippen LogP contribution is -2.15. The van der Waals surface area contributed by atoms with Crippen molar-refractivity contribution in [1.29, 1.82) is 5.41 Å². The summed E-state index contributed by atoms with van der Waals surface area (Å²) in [6.07, 6.45) is 1.40. The number of nitrogens with zero attached hydrogens (tertiary/aromatic N) is 1. The van der Waals surface area contributed by atoms with Crippen LogP contribution in [0, 0.1) is 5.41 Å². The van der Waals surface area contributed by atoms with Crippen molar-refractivity contribution in [2.75, 3.05) is 18.5 Å². The summed E-state index contributed by atoms with van der Waals surface area (Å²) < 4.78 is 15.5. The Balaban J connectivity index is 1.65. The van der Waals surface area contributed by atoms with Gasteiger partial charge in [-0.2, -0.15) is 0 Å². The van der Waals surface area contributed by atoms with Crippen LogP contribution < -0.4 is 15.8 Å². The van der Waals surface area contributed by atoms with Crippen LogP contribution in [0.25, 0.3) is 11.0 Å². The van der Waals surface area contributed by atoms with E-state index in [4.69, 9.17) is 25.0 Å². The van der Waals surface area contributed by atoms with Gasteiger partial charge in [-0.3, -0.25) is 10.2 Å². The summed E-state index contributed by atoms with van der Waals surface area (Å²) >= 11 is 0. The third-order valence-corrected chi connectivity index (χ3v) is 3.69. The van der Waals surface area contributed by atoms with E-state index in [2.05, 4.69) is 10.3 Å². The van der Waals surface area contributed by atoms with Crippen LogP contribution in [0.4, 0.5) is 5.69 Å². The summed E-state index contributed by atoms with van der Waals surface area (Å²) in [6.45, 7) is 1.74. The lowest BCUT2D eigenvalue weighted by Gasteiger charge is -2.06. The maximum absolute atomic E-state index is 12.4. The molecule has 3 aromatic rings. The molecule has 1 amide bonds. The monoisotopic (exact) mass is 382 g/mol. The molecule has 2 heterocycles. The van der Waals surface area contributed by atoms with Crippen molar-refractivity contribution in [3.05, 3.63) is 53.9 Å². The Bertz CT molecular complexity index is 1030. The molecule has 0 fully saturated rings. The molecule has 0 atom stereocenters. The molecule has 0 radical (unpaired) electrons. The maximum atomic E-state index is 12.4. The van der Waals surface area contributed by atoms with Gasteiger partial charge in [-0.1, -0.05) is 0 Å². The van der Waals surface area contributed by atoms with E-state index in [9.17, 15) is 9.59 Å². The molecule has 9 nitrogen and oxygen atoms in total. The number of pyridine rings is 1. The summed E-state index contributed by atoms with van der Waals surface area (Å²) in [5, 5.41) is 10.8. The molecule has 0 saturated carbocycles. The highest BCUT2D eigenvalue weighted by Gasteiger charge is 2.14. The first-order valence-electron chi connectivity index (χ1n) is 8.40. The van der Waals surface area contributed by atoms with E-state index >= 15 is 0 Å². The topological polar surface area (TPSA) is 141 Å². The normalized spacial score (nSPS) is 10.5. The lowest BCUT2D eigenvalue weighted by molar-refractivity contribution is -0.145. The van der Waals surface area contributed by atoms with Crippen LogP contribution in [0.1, 0.15) is 23.0 Å². The molecule has 2 aromatic heterocycles. The fourth-order valence-electron chi connectivity index (χ4n) is 2.39. The number of furan rings is 1. The second-order valence-corrected chi connectivity index (χ2v) is 5.71. The molecule has 0 aliphatic rings. The average Bonchev–Trinajstić information content (AvgIpc) is 3.11. The second kappa shape index (κ2) is 8.21. The van der Waals surface area contributed by atoms with E-state index in [0.29, 0.717) is 22.2 Å². The number of anilines is 1. The number of aromatic nitrogens is 1. The summed E-state index contributed by atoms with van der Waals surface area (Å²) in [7, 11) is 0. The van der Waals surface area contributed by atoms with E-state index in [-0.39, 0.29) is 30.7 Å². The number of ether oxygens (including phenoxy) is 2. The van der Waals surface area contributed by atoms with Crippen molar-refractivity contribution in [2.45, 2.75) is 6.92 Å². The van der Waals surface area contributed by atoms with Crippen molar-refractivity contribution in [1.82, 2.24) is 4.98 Å². The molecule has 1 aromatic carbocycles. The van der Waals surface area contributed by atoms with Gasteiger partial charge in [-0.15, -0.1) is 0 Å². The van der Waals surface area contributed by atoms with Crippen molar-refractivity contribution in [3.8, 4) is 5.88 Å². The van der Waals surface area contributed by atoms with E-state index in [1.165, 1.54) is 12.3 Å². The number of benzene rings is 1. The van der Waals surface area contributed by atoms with Crippen molar-refractivity contribution >= 4 is 34.4 Å². The van der Waals surface area contributed by atoms with Gasteiger partial charge in [0.1, 0.15) is 11.4 Å². The van der Waals surface area contributed by atoms with Crippen LogP contribution in [0.15, 0.2) is 47.0 Å². The van der Waals surface area contributed by atoms with Crippen LogP contribution in [-0.4, -0.2) is 35.9 Å². The van der Waals surface area contributed by atoms with E-state index in [0.717, 1.165) is 0 Å². The van der Waals surface area contributed by atoms with Gasteiger partial charge in [-0.05, 0) is 37.3 Å². The highest BCUT2D eigenvalue weighted by atomic mass is 16.6. The first kappa shape index (κ1) is 18.9. The largest absolute Gasteiger partial charge is 0.466 e. The van der Waals surface area contributed by atoms with Crippen LogP contribution in [0.2, 0.25) is 0 Å². The number of carbonyl (C=O) groups is 2. The minimum absolute atomic E-state index is 0.0644. The molecule has 0 aliphatic heterocycles. The Morgan fingerprint density at radius 1 is 1.25 bits per heavy atom. The first-order valence-corrected chi connectivity index (χ1v) is 8.40. The predicted octanol–water partition coefficient (Wildman–Crippen LogP) is 2.31. The third kappa shape index (κ3) is 4.44. The summed E-state index contributed by atoms with van der Waals surface area (Å²) in [5.41, 5.74) is 6.95. The molecule has 28 heavy (non-hydrogen) atoms. The van der Waals surface area contributed by atoms with Gasteiger partial charge >= 0.3 is 5.97 Å². The van der Waals surface area contributed by atoms with Crippen molar-refractivity contribution in [2.24, 2.45) is 5.73 Å². The van der Waals surface area contributed by atoms with Gasteiger partial charge in [0.2, 0.25) is 5.88 Å². The van der Waals surface area contributed by atoms with Gasteiger partial charge in [0, 0.05) is 17.0 Å². The first-order chi connectivity index (χ1) is 13.5. The number of nitrogen functional groups attached to an aromatic ring is 1. The highest BCUT2D eigenvalue weighted by molar-refractivity contribution is 6.05. The SMILES string of the molecule is CCOC(=O)COc1ccc(NC(=O)c2cc3cc(C(=N)N)ccc3o2)cn1. The van der Waals surface area contributed by atoms with Gasteiger partial charge in [0.25, 0.3) is 5.91 Å². The smallest absolute Gasteiger partial charge is 0.344 e. The number of nitrogens with two attached hydrogens (primary N) is 1. The molecule has 0 unspecified atom stereocenters. The molecule has 4 N–H and O–H groups in total. The zero-order valence-electron chi connectivity index (χ0n) is 15.0. The van der Waals surface area contributed by atoms with Crippen LogP contribution >= 0.6 is 0 Å². The molecule has 3 rings (SSSR count). The molecular formula is C19H18N4O5. The Hall–Kier alpha value is -3.88. The number of carbonyl (C=O) groups excluding carboxylic acids is 2. The number of amides is 1. The minimum Gasteiger partial charge on any atom is -0.466 e. The Morgan fingerprint density at radius 2 is 2.07 bits per heavy atom. The molecule has 144 valence electrons. The highest BCUT2D eigenvalue weighted by Crippen LogP contribution is 2.22. The fraction of sp³-hybridized carbons (Fsp3) is 0.158. The van der Waals surface area contributed by atoms with E-state index in [1.807, 2.05) is 0 Å². The number of amidine groups is 1. The van der Waals surface area contributed by atoms with Gasteiger partial charge in [0.05, 0.1) is 18.5 Å². The van der Waals surface area contributed by atoms with Gasteiger partial charge in [-0.25, -0.2) is 9.78 Å². The Labute approximate surface area is 159 Å². The molecular weight excluding hydrogens is 364 g/mol. The van der Waals surface area contributed by atoms with Crippen molar-refractivity contribution in [3.63, 3.8) is 0 Å². The molecule has 0 aliphatic carbocycles. The number of nitrogens with one attached hydrogen (secondary N) is 2. The molecule has 0 saturated heterocycles. The average molecular weight is 382 g/mol. The van der Waals surface area contributed by atoms with Gasteiger partial charge in [0.15, 0.2) is 12.4 Å². The zero-order chi connectivity index (χ0) is 20.1. The predicted molar refractivity (Wildman–Crippen MR) is 102 cm³/mol. The lowest BCUT2D eigenvalue weighted by atomic mass is 10.1. The second-order valence-electron chi connectivity index (χ2n) is 5.71.